The smallest absolute Gasteiger partial charge is 0.343 e. The van der Waals surface area contributed by atoms with Crippen LogP contribution in [0.15, 0.2) is 42.5 Å². The molecule has 0 amide bonds. The summed E-state index contributed by atoms with van der Waals surface area (Å²) in [6, 6.07) is 9.84. The van der Waals surface area contributed by atoms with Gasteiger partial charge in [0.2, 0.25) is 0 Å². The molecule has 0 spiro atoms. The van der Waals surface area contributed by atoms with Crippen LogP contribution >= 0.6 is 0 Å². The molecule has 5 nitrogen and oxygen atoms in total. The first-order valence-corrected chi connectivity index (χ1v) is 5.16. The van der Waals surface area contributed by atoms with Crippen LogP contribution in [-0.4, -0.2) is 16.2 Å². The third kappa shape index (κ3) is 2.52. The molecule has 18 heavy (non-hydrogen) atoms. The van der Waals surface area contributed by atoms with Crippen molar-refractivity contribution in [2.75, 3.05) is 5.73 Å². The molecule has 4 N–H and O–H groups in total. The van der Waals surface area contributed by atoms with Gasteiger partial charge in [-0.15, -0.1) is 0 Å². The van der Waals surface area contributed by atoms with E-state index in [0.717, 1.165) is 6.07 Å². The van der Waals surface area contributed by atoms with Crippen molar-refractivity contribution in [2.45, 2.75) is 0 Å². The number of ether oxygens (including phenoxy) is 1. The van der Waals surface area contributed by atoms with E-state index in [1.807, 2.05) is 0 Å². The zero-order valence-corrected chi connectivity index (χ0v) is 9.33. The van der Waals surface area contributed by atoms with Gasteiger partial charge in [0.1, 0.15) is 5.75 Å². The minimum Gasteiger partial charge on any atom is -0.508 e. The first kappa shape index (κ1) is 11.8. The third-order valence-electron chi connectivity index (χ3n) is 2.29. The van der Waals surface area contributed by atoms with Crippen LogP contribution in [0.25, 0.3) is 0 Å². The summed E-state index contributed by atoms with van der Waals surface area (Å²) in [6.07, 6.45) is 0. The van der Waals surface area contributed by atoms with Gasteiger partial charge in [-0.2, -0.15) is 0 Å². The Morgan fingerprint density at radius 2 is 1.72 bits per heavy atom. The number of aromatic hydroxyl groups is 2. The van der Waals surface area contributed by atoms with Crippen LogP contribution < -0.4 is 10.5 Å². The quantitative estimate of drug-likeness (QED) is 0.325. The maximum Gasteiger partial charge on any atom is 0.343 e. The summed E-state index contributed by atoms with van der Waals surface area (Å²) in [5, 5.41) is 18.7. The number of phenols is 2. The molecule has 92 valence electrons. The molecular weight excluding hydrogens is 234 g/mol. The Bertz CT molecular complexity index is 578. The highest BCUT2D eigenvalue weighted by molar-refractivity contribution is 5.91. The number of hydrogen-bond acceptors (Lipinski definition) is 5. The number of anilines is 1. The van der Waals surface area contributed by atoms with E-state index >= 15 is 0 Å². The van der Waals surface area contributed by atoms with Gasteiger partial charge in [0.05, 0.1) is 5.56 Å². The van der Waals surface area contributed by atoms with E-state index in [1.54, 1.807) is 12.1 Å². The SMILES string of the molecule is Nc1ccc(C(=O)Oc2cc(O)ccc2O)cc1. The number of benzene rings is 2. The fourth-order valence-electron chi connectivity index (χ4n) is 1.36. The largest absolute Gasteiger partial charge is 0.508 e. The van der Waals surface area contributed by atoms with E-state index < -0.39 is 5.97 Å². The summed E-state index contributed by atoms with van der Waals surface area (Å²) in [5.41, 5.74) is 6.33. The van der Waals surface area contributed by atoms with Crippen LogP contribution in [0, 0.1) is 0 Å². The summed E-state index contributed by atoms with van der Waals surface area (Å²) < 4.78 is 4.96. The average molecular weight is 245 g/mol. The first-order chi connectivity index (χ1) is 8.56. The van der Waals surface area contributed by atoms with Gasteiger partial charge in [-0.1, -0.05) is 0 Å². The Hall–Kier alpha value is -2.69. The van der Waals surface area contributed by atoms with Crippen LogP contribution in [0.2, 0.25) is 0 Å². The fourth-order valence-corrected chi connectivity index (χ4v) is 1.36. The van der Waals surface area contributed by atoms with Gasteiger partial charge in [-0.05, 0) is 36.4 Å². The van der Waals surface area contributed by atoms with Crippen LogP contribution in [-0.2, 0) is 0 Å². The molecule has 0 aliphatic carbocycles. The molecule has 2 aromatic rings. The highest BCUT2D eigenvalue weighted by atomic mass is 16.5. The van der Waals surface area contributed by atoms with E-state index in [9.17, 15) is 15.0 Å². The van der Waals surface area contributed by atoms with Crippen LogP contribution in [0.5, 0.6) is 17.2 Å². The maximum atomic E-state index is 11.7. The molecule has 0 saturated heterocycles. The summed E-state index contributed by atoms with van der Waals surface area (Å²) in [5.74, 6) is -1.07. The van der Waals surface area contributed by atoms with Gasteiger partial charge in [-0.25, -0.2) is 4.79 Å². The normalized spacial score (nSPS) is 10.0. The van der Waals surface area contributed by atoms with Crippen molar-refractivity contribution < 1.29 is 19.7 Å². The molecule has 0 bridgehead atoms. The van der Waals surface area contributed by atoms with E-state index in [4.69, 9.17) is 10.5 Å². The van der Waals surface area contributed by atoms with Crippen LogP contribution in [0.1, 0.15) is 10.4 Å². The molecule has 0 aromatic heterocycles. The third-order valence-corrected chi connectivity index (χ3v) is 2.29. The van der Waals surface area contributed by atoms with Crippen molar-refractivity contribution in [3.63, 3.8) is 0 Å². The molecule has 2 rings (SSSR count). The number of rotatable bonds is 2. The second-order valence-corrected chi connectivity index (χ2v) is 3.66. The highest BCUT2D eigenvalue weighted by Gasteiger charge is 2.11. The zero-order valence-electron chi connectivity index (χ0n) is 9.33. The lowest BCUT2D eigenvalue weighted by Crippen LogP contribution is -2.08. The predicted molar refractivity (Wildman–Crippen MR) is 65.6 cm³/mol. The minimum atomic E-state index is -0.643. The fraction of sp³-hybridized carbons (Fsp3) is 0. The van der Waals surface area contributed by atoms with Crippen molar-refractivity contribution >= 4 is 11.7 Å². The molecule has 0 fully saturated rings. The van der Waals surface area contributed by atoms with E-state index in [-0.39, 0.29) is 17.2 Å². The lowest BCUT2D eigenvalue weighted by atomic mass is 10.2. The number of nitrogens with two attached hydrogens (primary N) is 1. The Balaban J connectivity index is 2.21. The van der Waals surface area contributed by atoms with Crippen molar-refractivity contribution in [1.82, 2.24) is 0 Å². The number of esters is 1. The van der Waals surface area contributed by atoms with Gasteiger partial charge < -0.3 is 20.7 Å². The van der Waals surface area contributed by atoms with E-state index in [2.05, 4.69) is 0 Å². The lowest BCUT2D eigenvalue weighted by molar-refractivity contribution is 0.0729. The monoisotopic (exact) mass is 245 g/mol. The number of carbonyl (C=O) groups is 1. The summed E-state index contributed by atoms with van der Waals surface area (Å²) >= 11 is 0. The summed E-state index contributed by atoms with van der Waals surface area (Å²) in [7, 11) is 0. The van der Waals surface area contributed by atoms with Gasteiger partial charge >= 0.3 is 5.97 Å². The summed E-state index contributed by atoms with van der Waals surface area (Å²) in [4.78, 5) is 11.7. The molecule has 0 heterocycles. The number of carbonyl (C=O) groups excluding carboxylic acids is 1. The standard InChI is InChI=1S/C13H11NO4/c14-9-3-1-8(2-4-9)13(17)18-12-7-10(15)5-6-11(12)16/h1-7,15-16H,14H2. The molecule has 0 aliphatic rings. The molecule has 2 aromatic carbocycles. The maximum absolute atomic E-state index is 11.7. The summed E-state index contributed by atoms with van der Waals surface area (Å²) in [6.45, 7) is 0. The first-order valence-electron chi connectivity index (χ1n) is 5.16. The number of nitrogen functional groups attached to an aromatic ring is 1. The number of hydrogen-bond donors (Lipinski definition) is 3. The Labute approximate surface area is 103 Å². The topological polar surface area (TPSA) is 92.8 Å². The minimum absolute atomic E-state index is 0.100. The molecular formula is C13H11NO4. The Morgan fingerprint density at radius 3 is 2.39 bits per heavy atom. The molecule has 0 aliphatic heterocycles. The van der Waals surface area contributed by atoms with E-state index in [0.29, 0.717) is 11.3 Å². The second kappa shape index (κ2) is 4.67. The highest BCUT2D eigenvalue weighted by Crippen LogP contribution is 2.30. The predicted octanol–water partition coefficient (Wildman–Crippen LogP) is 1.90. The lowest BCUT2D eigenvalue weighted by Gasteiger charge is -2.06. The molecule has 5 heteroatoms. The van der Waals surface area contributed by atoms with E-state index in [1.165, 1.54) is 24.3 Å². The zero-order chi connectivity index (χ0) is 13.1. The molecule has 0 saturated carbocycles. The molecule has 0 atom stereocenters. The van der Waals surface area contributed by atoms with Crippen molar-refractivity contribution in [3.8, 4) is 17.2 Å². The van der Waals surface area contributed by atoms with Gasteiger partial charge in [0, 0.05) is 11.8 Å². The van der Waals surface area contributed by atoms with Crippen molar-refractivity contribution in [3.05, 3.63) is 48.0 Å². The van der Waals surface area contributed by atoms with Crippen molar-refractivity contribution in [2.24, 2.45) is 0 Å². The van der Waals surface area contributed by atoms with Crippen molar-refractivity contribution in [1.29, 1.82) is 0 Å². The van der Waals surface area contributed by atoms with Crippen LogP contribution in [0.4, 0.5) is 5.69 Å². The second-order valence-electron chi connectivity index (χ2n) is 3.66. The molecule has 0 unspecified atom stereocenters. The number of phenolic OH excluding ortho intramolecular Hbond substituents is 2. The average Bonchev–Trinajstić information content (AvgIpc) is 2.34. The Kier molecular flexibility index (Phi) is 3.05. The van der Waals surface area contributed by atoms with Gasteiger partial charge in [-0.3, -0.25) is 0 Å². The Morgan fingerprint density at radius 1 is 1.06 bits per heavy atom. The van der Waals surface area contributed by atoms with Gasteiger partial charge in [0.15, 0.2) is 11.5 Å². The van der Waals surface area contributed by atoms with Gasteiger partial charge in [0.25, 0.3) is 0 Å². The molecule has 0 radical (unpaired) electrons. The van der Waals surface area contributed by atoms with Crippen LogP contribution in [0.3, 0.4) is 0 Å².